The van der Waals surface area contributed by atoms with Crippen LogP contribution in [-0.4, -0.2) is 49.0 Å². The highest BCUT2D eigenvalue weighted by Gasteiger charge is 2.33. The van der Waals surface area contributed by atoms with Crippen molar-refractivity contribution < 1.29 is 14.4 Å². The molecule has 104 valence electrons. The van der Waals surface area contributed by atoms with Gasteiger partial charge in [0.2, 0.25) is 11.8 Å². The van der Waals surface area contributed by atoms with E-state index in [0.29, 0.717) is 25.9 Å². The van der Waals surface area contributed by atoms with Crippen LogP contribution in [0.1, 0.15) is 33.6 Å². The lowest BCUT2D eigenvalue weighted by atomic mass is 9.90. The van der Waals surface area contributed by atoms with Crippen LogP contribution >= 0.6 is 0 Å². The predicted molar refractivity (Wildman–Crippen MR) is 68.5 cm³/mol. The van der Waals surface area contributed by atoms with Gasteiger partial charge in [-0.1, -0.05) is 20.8 Å². The van der Waals surface area contributed by atoms with E-state index in [1.807, 2.05) is 25.7 Å². The van der Waals surface area contributed by atoms with Gasteiger partial charge in [0, 0.05) is 31.5 Å². The first kappa shape index (κ1) is 15.0. The molecule has 0 spiro atoms. The quantitative estimate of drug-likeness (QED) is 0.700. The Kier molecular flexibility index (Phi) is 4.73. The summed E-state index contributed by atoms with van der Waals surface area (Å²) in [5.74, 6) is 0.132. The van der Waals surface area contributed by atoms with E-state index >= 15 is 0 Å². The van der Waals surface area contributed by atoms with E-state index in [9.17, 15) is 9.59 Å². The molecule has 0 aliphatic carbocycles. The molecule has 1 aliphatic rings. The van der Waals surface area contributed by atoms with Crippen LogP contribution < -0.4 is 0 Å². The highest BCUT2D eigenvalue weighted by atomic mass is 16.7. The van der Waals surface area contributed by atoms with Gasteiger partial charge in [0.05, 0.1) is 7.11 Å². The second-order valence-electron chi connectivity index (χ2n) is 5.83. The second-order valence-corrected chi connectivity index (χ2v) is 5.83. The maximum atomic E-state index is 12.1. The number of hydrogen-bond donors (Lipinski definition) is 0. The zero-order chi connectivity index (χ0) is 13.9. The third-order valence-electron chi connectivity index (χ3n) is 3.36. The largest absolute Gasteiger partial charge is 0.342 e. The highest BCUT2D eigenvalue weighted by Crippen LogP contribution is 2.24. The van der Waals surface area contributed by atoms with E-state index in [0.717, 1.165) is 0 Å². The van der Waals surface area contributed by atoms with E-state index in [1.54, 1.807) is 7.05 Å². The van der Waals surface area contributed by atoms with E-state index in [1.165, 1.54) is 12.2 Å². The highest BCUT2D eigenvalue weighted by molar-refractivity contribution is 5.82. The van der Waals surface area contributed by atoms with Crippen LogP contribution in [-0.2, 0) is 14.4 Å². The topological polar surface area (TPSA) is 49.9 Å². The molecule has 0 atom stereocenters. The number of hydroxylamine groups is 2. The van der Waals surface area contributed by atoms with E-state index in [4.69, 9.17) is 4.84 Å². The van der Waals surface area contributed by atoms with Crippen molar-refractivity contribution in [2.45, 2.75) is 33.6 Å². The van der Waals surface area contributed by atoms with Crippen LogP contribution in [0.25, 0.3) is 0 Å². The van der Waals surface area contributed by atoms with E-state index in [2.05, 4.69) is 0 Å². The molecule has 0 aromatic carbocycles. The van der Waals surface area contributed by atoms with Gasteiger partial charge >= 0.3 is 0 Å². The number of carbonyl (C=O) groups excluding carboxylic acids is 2. The van der Waals surface area contributed by atoms with Gasteiger partial charge in [0.15, 0.2) is 0 Å². The van der Waals surface area contributed by atoms with Gasteiger partial charge in [-0.2, -0.15) is 0 Å². The van der Waals surface area contributed by atoms with Crippen LogP contribution in [0.2, 0.25) is 0 Å². The van der Waals surface area contributed by atoms with Gasteiger partial charge < -0.3 is 4.90 Å². The molecule has 0 bridgehead atoms. The minimum absolute atomic E-state index is 0.000331. The Morgan fingerprint density at radius 1 is 1.22 bits per heavy atom. The van der Waals surface area contributed by atoms with Crippen LogP contribution in [0, 0.1) is 11.3 Å². The molecule has 1 rings (SSSR count). The molecule has 1 heterocycles. The fraction of sp³-hybridized carbons (Fsp3) is 0.846. The molecule has 5 nitrogen and oxygen atoms in total. The number of nitrogens with zero attached hydrogens (tertiary/aromatic N) is 2. The summed E-state index contributed by atoms with van der Waals surface area (Å²) in [6.07, 6.45) is 1.43. The monoisotopic (exact) mass is 256 g/mol. The normalized spacial score (nSPS) is 17.7. The zero-order valence-corrected chi connectivity index (χ0v) is 12.0. The predicted octanol–water partition coefficient (Wildman–Crippen LogP) is 1.29. The summed E-state index contributed by atoms with van der Waals surface area (Å²) in [5, 5.41) is 1.27. The lowest BCUT2D eigenvalue weighted by Crippen LogP contribution is -2.46. The maximum Gasteiger partial charge on any atom is 0.249 e. The number of carbonyl (C=O) groups is 2. The van der Waals surface area contributed by atoms with Crippen LogP contribution in [0.15, 0.2) is 0 Å². The Bertz CT molecular complexity index is 315. The van der Waals surface area contributed by atoms with Gasteiger partial charge in [-0.25, -0.2) is 5.06 Å². The first-order valence-corrected chi connectivity index (χ1v) is 6.38. The summed E-state index contributed by atoms with van der Waals surface area (Å²) >= 11 is 0. The van der Waals surface area contributed by atoms with Crippen molar-refractivity contribution in [3.8, 4) is 0 Å². The molecule has 0 N–H and O–H groups in total. The molecular formula is C13H24N2O3. The summed E-state index contributed by atoms with van der Waals surface area (Å²) in [6, 6.07) is 0. The molecule has 0 aromatic rings. The van der Waals surface area contributed by atoms with Gasteiger partial charge in [-0.05, 0) is 12.8 Å². The molecule has 0 radical (unpaired) electrons. The summed E-state index contributed by atoms with van der Waals surface area (Å²) < 4.78 is 0. The molecule has 0 aromatic heterocycles. The second kappa shape index (κ2) is 5.69. The molecule has 1 saturated heterocycles. The Hall–Kier alpha value is -1.10. The molecule has 1 fully saturated rings. The molecule has 1 aliphatic heterocycles. The van der Waals surface area contributed by atoms with Crippen LogP contribution in [0.5, 0.6) is 0 Å². The number of hydrogen-bond acceptors (Lipinski definition) is 3. The van der Waals surface area contributed by atoms with E-state index in [-0.39, 0.29) is 23.1 Å². The fourth-order valence-electron chi connectivity index (χ4n) is 2.15. The molecule has 18 heavy (non-hydrogen) atoms. The average molecular weight is 256 g/mol. The van der Waals surface area contributed by atoms with Crippen molar-refractivity contribution in [1.82, 2.24) is 9.96 Å². The third kappa shape index (κ3) is 3.45. The lowest BCUT2D eigenvalue weighted by Gasteiger charge is -2.35. The lowest BCUT2D eigenvalue weighted by molar-refractivity contribution is -0.175. The summed E-state index contributed by atoms with van der Waals surface area (Å²) in [4.78, 5) is 30.7. The number of amides is 2. The Morgan fingerprint density at radius 3 is 2.11 bits per heavy atom. The van der Waals surface area contributed by atoms with E-state index < -0.39 is 0 Å². The maximum absolute atomic E-state index is 12.1. The SMILES string of the molecule is CON(C)C(=O)C1CCN(C(=O)C(C)(C)C)CC1. The van der Waals surface area contributed by atoms with Gasteiger partial charge in [-0.3, -0.25) is 14.4 Å². The molecule has 2 amide bonds. The first-order valence-electron chi connectivity index (χ1n) is 6.38. The van der Waals surface area contributed by atoms with Gasteiger partial charge in [-0.15, -0.1) is 0 Å². The fourth-order valence-corrected chi connectivity index (χ4v) is 2.15. The standard InChI is InChI=1S/C13H24N2O3/c1-13(2,3)12(17)15-8-6-10(7-9-15)11(16)14(4)18-5/h10H,6-9H2,1-5H3. The van der Waals surface area contributed by atoms with Crippen molar-refractivity contribution >= 4 is 11.8 Å². The first-order chi connectivity index (χ1) is 8.27. The van der Waals surface area contributed by atoms with Crippen molar-refractivity contribution in [2.75, 3.05) is 27.2 Å². The molecule has 0 saturated carbocycles. The molecule has 5 heteroatoms. The third-order valence-corrected chi connectivity index (χ3v) is 3.36. The zero-order valence-electron chi connectivity index (χ0n) is 12.0. The van der Waals surface area contributed by atoms with Gasteiger partial charge in [0.25, 0.3) is 0 Å². The summed E-state index contributed by atoms with van der Waals surface area (Å²) in [7, 11) is 3.10. The van der Waals surface area contributed by atoms with Crippen molar-refractivity contribution in [3.63, 3.8) is 0 Å². The number of likely N-dealkylation sites (tertiary alicyclic amines) is 1. The average Bonchev–Trinajstić information content (AvgIpc) is 2.35. The van der Waals surface area contributed by atoms with Crippen molar-refractivity contribution in [2.24, 2.45) is 11.3 Å². The smallest absolute Gasteiger partial charge is 0.249 e. The minimum Gasteiger partial charge on any atom is -0.342 e. The summed E-state index contributed by atoms with van der Waals surface area (Å²) in [5.41, 5.74) is -0.347. The number of piperidine rings is 1. The summed E-state index contributed by atoms with van der Waals surface area (Å²) in [6.45, 7) is 7.08. The van der Waals surface area contributed by atoms with Crippen LogP contribution in [0.3, 0.4) is 0 Å². The molecule has 0 unspecified atom stereocenters. The Morgan fingerprint density at radius 2 is 1.72 bits per heavy atom. The van der Waals surface area contributed by atoms with Crippen LogP contribution in [0.4, 0.5) is 0 Å². The number of rotatable bonds is 2. The molecular weight excluding hydrogens is 232 g/mol. The van der Waals surface area contributed by atoms with Gasteiger partial charge in [0.1, 0.15) is 0 Å². The van der Waals surface area contributed by atoms with Crippen molar-refractivity contribution in [3.05, 3.63) is 0 Å². The van der Waals surface area contributed by atoms with Crippen molar-refractivity contribution in [1.29, 1.82) is 0 Å². The Balaban J connectivity index is 2.51. The minimum atomic E-state index is -0.347. The Labute approximate surface area is 109 Å².